The summed E-state index contributed by atoms with van der Waals surface area (Å²) >= 11 is 2.84. The van der Waals surface area contributed by atoms with Gasteiger partial charge in [0.25, 0.3) is 0 Å². The van der Waals surface area contributed by atoms with Gasteiger partial charge in [-0.05, 0) is 32.4 Å². The van der Waals surface area contributed by atoms with Gasteiger partial charge < -0.3 is 9.73 Å². The third-order valence-corrected chi connectivity index (χ3v) is 5.47. The molecule has 9 heteroatoms. The predicted octanol–water partition coefficient (Wildman–Crippen LogP) is 3.75. The summed E-state index contributed by atoms with van der Waals surface area (Å²) in [6.07, 6.45) is 2.54. The van der Waals surface area contributed by atoms with Crippen molar-refractivity contribution in [3.63, 3.8) is 0 Å². The van der Waals surface area contributed by atoms with E-state index < -0.39 is 0 Å². The van der Waals surface area contributed by atoms with Crippen molar-refractivity contribution in [3.05, 3.63) is 29.0 Å². The Kier molecular flexibility index (Phi) is 5.54. The molecule has 0 atom stereocenters. The molecule has 0 saturated heterocycles. The molecule has 132 valence electrons. The van der Waals surface area contributed by atoms with Crippen LogP contribution in [0.4, 0.5) is 5.13 Å². The summed E-state index contributed by atoms with van der Waals surface area (Å²) in [7, 11) is 0. The Bertz CT molecular complexity index is 835. The van der Waals surface area contributed by atoms with E-state index in [1.54, 1.807) is 6.26 Å². The lowest BCUT2D eigenvalue weighted by atomic mass is 10.4. The molecule has 0 radical (unpaired) electrons. The largest absolute Gasteiger partial charge is 0.461 e. The summed E-state index contributed by atoms with van der Waals surface area (Å²) in [6.45, 7) is 6.76. The van der Waals surface area contributed by atoms with Gasteiger partial charge in [0.05, 0.1) is 17.7 Å². The van der Waals surface area contributed by atoms with E-state index in [0.29, 0.717) is 21.9 Å². The van der Waals surface area contributed by atoms with Crippen molar-refractivity contribution in [2.75, 3.05) is 11.1 Å². The zero-order chi connectivity index (χ0) is 17.8. The van der Waals surface area contributed by atoms with Crippen molar-refractivity contribution in [1.29, 1.82) is 0 Å². The third-order valence-electron chi connectivity index (χ3n) is 3.51. The molecule has 1 amide bonds. The van der Waals surface area contributed by atoms with Crippen LogP contribution in [-0.2, 0) is 11.3 Å². The van der Waals surface area contributed by atoms with E-state index in [1.807, 2.05) is 30.5 Å². The van der Waals surface area contributed by atoms with Gasteiger partial charge in [0.1, 0.15) is 0 Å². The summed E-state index contributed by atoms with van der Waals surface area (Å²) in [4.78, 5) is 17.6. The molecule has 0 saturated carbocycles. The molecule has 25 heavy (non-hydrogen) atoms. The number of aromatic nitrogens is 4. The SMILES string of the molecule is CCCn1c(SCC(=O)Nc2nc(C)c(C)s2)nnc1-c1ccco1. The molecule has 3 rings (SSSR count). The molecule has 0 spiro atoms. The molecule has 0 bridgehead atoms. The van der Waals surface area contributed by atoms with Gasteiger partial charge in [-0.1, -0.05) is 18.7 Å². The zero-order valence-electron chi connectivity index (χ0n) is 14.3. The second-order valence-corrected chi connectivity index (χ2v) is 7.58. The zero-order valence-corrected chi connectivity index (χ0v) is 15.9. The molecular formula is C16H19N5O2S2. The first-order chi connectivity index (χ1) is 12.1. The Hall–Kier alpha value is -2.13. The van der Waals surface area contributed by atoms with E-state index >= 15 is 0 Å². The number of nitrogens with one attached hydrogen (secondary N) is 1. The summed E-state index contributed by atoms with van der Waals surface area (Å²) < 4.78 is 7.40. The highest BCUT2D eigenvalue weighted by molar-refractivity contribution is 7.99. The molecule has 3 aromatic heterocycles. The maximum atomic E-state index is 12.2. The number of amides is 1. The highest BCUT2D eigenvalue weighted by Crippen LogP contribution is 2.25. The smallest absolute Gasteiger partial charge is 0.236 e. The fraction of sp³-hybridized carbons (Fsp3) is 0.375. The van der Waals surface area contributed by atoms with Gasteiger partial charge in [0.15, 0.2) is 21.9 Å². The number of nitrogens with zero attached hydrogens (tertiary/aromatic N) is 4. The Balaban J connectivity index is 1.67. The van der Waals surface area contributed by atoms with Crippen molar-refractivity contribution < 1.29 is 9.21 Å². The van der Waals surface area contributed by atoms with Crippen LogP contribution in [0.2, 0.25) is 0 Å². The third kappa shape index (κ3) is 4.10. The average molecular weight is 377 g/mol. The molecule has 7 nitrogen and oxygen atoms in total. The number of aryl methyl sites for hydroxylation is 2. The van der Waals surface area contributed by atoms with Crippen molar-refractivity contribution in [2.45, 2.75) is 38.9 Å². The summed E-state index contributed by atoms with van der Waals surface area (Å²) in [6, 6.07) is 3.67. The van der Waals surface area contributed by atoms with Gasteiger partial charge in [-0.3, -0.25) is 9.36 Å². The fourth-order valence-electron chi connectivity index (χ4n) is 2.22. The lowest BCUT2D eigenvalue weighted by Crippen LogP contribution is -2.14. The van der Waals surface area contributed by atoms with Gasteiger partial charge in [-0.25, -0.2) is 4.98 Å². The molecule has 0 aliphatic rings. The van der Waals surface area contributed by atoms with Crippen molar-refractivity contribution >= 4 is 34.1 Å². The van der Waals surface area contributed by atoms with Crippen LogP contribution in [0.15, 0.2) is 28.0 Å². The Labute approximate surface area is 153 Å². The van der Waals surface area contributed by atoms with E-state index in [9.17, 15) is 4.79 Å². The summed E-state index contributed by atoms with van der Waals surface area (Å²) in [5, 5.41) is 12.6. The minimum Gasteiger partial charge on any atom is -0.461 e. The lowest BCUT2D eigenvalue weighted by Gasteiger charge is -2.07. The Morgan fingerprint density at radius 3 is 2.88 bits per heavy atom. The molecule has 0 unspecified atom stereocenters. The van der Waals surface area contributed by atoms with Gasteiger partial charge in [-0.15, -0.1) is 21.5 Å². The van der Waals surface area contributed by atoms with E-state index in [1.165, 1.54) is 23.1 Å². The van der Waals surface area contributed by atoms with Crippen LogP contribution < -0.4 is 5.32 Å². The second-order valence-electron chi connectivity index (χ2n) is 5.43. The number of rotatable bonds is 7. The van der Waals surface area contributed by atoms with Crippen LogP contribution in [0.25, 0.3) is 11.6 Å². The Morgan fingerprint density at radius 1 is 1.40 bits per heavy atom. The highest BCUT2D eigenvalue weighted by Gasteiger charge is 2.17. The van der Waals surface area contributed by atoms with E-state index in [0.717, 1.165) is 23.5 Å². The molecule has 1 N–H and O–H groups in total. The number of thioether (sulfide) groups is 1. The molecule has 0 aliphatic carbocycles. The van der Waals surface area contributed by atoms with Crippen LogP contribution in [-0.4, -0.2) is 31.4 Å². The van der Waals surface area contributed by atoms with Crippen molar-refractivity contribution in [1.82, 2.24) is 19.7 Å². The van der Waals surface area contributed by atoms with Crippen LogP contribution in [0, 0.1) is 13.8 Å². The van der Waals surface area contributed by atoms with Gasteiger partial charge >= 0.3 is 0 Å². The standard InChI is InChI=1S/C16H19N5O2S2/c1-4-7-21-14(12-6-5-8-23-12)19-20-16(21)24-9-13(22)18-15-17-10(2)11(3)25-15/h5-6,8H,4,7,9H2,1-3H3,(H,17,18,22). The minimum atomic E-state index is -0.107. The number of anilines is 1. The molecule has 0 fully saturated rings. The number of thiazole rings is 1. The lowest BCUT2D eigenvalue weighted by molar-refractivity contribution is -0.113. The molecule has 3 aromatic rings. The van der Waals surface area contributed by atoms with E-state index in [2.05, 4.69) is 27.4 Å². The van der Waals surface area contributed by atoms with Gasteiger partial charge in [0, 0.05) is 11.4 Å². The topological polar surface area (TPSA) is 85.8 Å². The van der Waals surface area contributed by atoms with Crippen LogP contribution in [0.5, 0.6) is 0 Å². The number of carbonyl (C=O) groups is 1. The first-order valence-electron chi connectivity index (χ1n) is 7.92. The molecule has 0 aromatic carbocycles. The second kappa shape index (κ2) is 7.83. The summed E-state index contributed by atoms with van der Waals surface area (Å²) in [5.74, 6) is 1.49. The van der Waals surface area contributed by atoms with Gasteiger partial charge in [0.2, 0.25) is 5.91 Å². The Morgan fingerprint density at radius 2 is 2.24 bits per heavy atom. The van der Waals surface area contributed by atoms with Gasteiger partial charge in [-0.2, -0.15) is 0 Å². The number of hydrogen-bond acceptors (Lipinski definition) is 7. The van der Waals surface area contributed by atoms with Crippen LogP contribution >= 0.6 is 23.1 Å². The first-order valence-corrected chi connectivity index (χ1v) is 9.72. The fourth-order valence-corrected chi connectivity index (χ4v) is 3.82. The molecule has 3 heterocycles. The molecule has 0 aliphatic heterocycles. The summed E-state index contributed by atoms with van der Waals surface area (Å²) in [5.41, 5.74) is 0.943. The number of furan rings is 1. The maximum Gasteiger partial charge on any atom is 0.236 e. The van der Waals surface area contributed by atoms with E-state index in [4.69, 9.17) is 4.42 Å². The van der Waals surface area contributed by atoms with Crippen LogP contribution in [0.3, 0.4) is 0 Å². The monoisotopic (exact) mass is 377 g/mol. The average Bonchev–Trinajstić information content (AvgIpc) is 3.28. The quantitative estimate of drug-likeness (QED) is 0.631. The highest BCUT2D eigenvalue weighted by atomic mass is 32.2. The number of hydrogen-bond donors (Lipinski definition) is 1. The van der Waals surface area contributed by atoms with Crippen molar-refractivity contribution in [3.8, 4) is 11.6 Å². The first kappa shape index (κ1) is 17.7. The maximum absolute atomic E-state index is 12.2. The number of carbonyl (C=O) groups excluding carboxylic acids is 1. The predicted molar refractivity (Wildman–Crippen MR) is 99.0 cm³/mol. The van der Waals surface area contributed by atoms with Crippen molar-refractivity contribution in [2.24, 2.45) is 0 Å². The minimum absolute atomic E-state index is 0.107. The normalized spacial score (nSPS) is 11.0. The van der Waals surface area contributed by atoms with E-state index in [-0.39, 0.29) is 11.7 Å². The molecular weight excluding hydrogens is 358 g/mol. The van der Waals surface area contributed by atoms with Crippen LogP contribution in [0.1, 0.15) is 23.9 Å².